The quantitative estimate of drug-likeness (QED) is 0.509. The lowest BCUT2D eigenvalue weighted by molar-refractivity contribution is -0.143. The number of likely N-dealkylation sites (tertiary alicyclic amines) is 1. The number of benzene rings is 2. The van der Waals surface area contributed by atoms with Gasteiger partial charge in [-0.05, 0) is 30.2 Å². The van der Waals surface area contributed by atoms with Crippen molar-refractivity contribution in [3.8, 4) is 0 Å². The Bertz CT molecular complexity index is 1070. The fourth-order valence-electron chi connectivity index (χ4n) is 3.38. The normalized spacial score (nSPS) is 16.1. The minimum atomic E-state index is -0.588. The lowest BCUT2D eigenvalue weighted by Gasteiger charge is -2.29. The molecule has 3 rings (SSSR count). The molecule has 1 aliphatic rings. The maximum atomic E-state index is 13.2. The summed E-state index contributed by atoms with van der Waals surface area (Å²) in [7, 11) is 0. The van der Waals surface area contributed by atoms with Crippen molar-refractivity contribution in [1.82, 2.24) is 10.2 Å². The third-order valence-electron chi connectivity index (χ3n) is 4.99. The SMILES string of the molecule is CCOC(=O)CNC(=O)/C=C\C(=O)N1C/C(=C\c2ccccc2)C(=O)/C(=C/c2ccccc2)C1. The Kier molecular flexibility index (Phi) is 8.68. The van der Waals surface area contributed by atoms with Crippen molar-refractivity contribution in [2.24, 2.45) is 0 Å². The number of piperidine rings is 1. The van der Waals surface area contributed by atoms with Gasteiger partial charge in [-0.15, -0.1) is 0 Å². The number of amides is 2. The van der Waals surface area contributed by atoms with Gasteiger partial charge >= 0.3 is 5.97 Å². The molecule has 0 atom stereocenters. The average molecular weight is 459 g/mol. The third kappa shape index (κ3) is 7.13. The molecule has 2 aromatic carbocycles. The molecule has 7 heteroatoms. The van der Waals surface area contributed by atoms with Gasteiger partial charge in [0.15, 0.2) is 5.78 Å². The molecule has 0 radical (unpaired) electrons. The second kappa shape index (κ2) is 12.1. The first kappa shape index (κ1) is 24.4. The summed E-state index contributed by atoms with van der Waals surface area (Å²) in [5.74, 6) is -1.68. The zero-order valence-electron chi connectivity index (χ0n) is 18.9. The number of ketones is 1. The molecular weight excluding hydrogens is 432 g/mol. The highest BCUT2D eigenvalue weighted by atomic mass is 16.5. The lowest BCUT2D eigenvalue weighted by atomic mass is 9.94. The number of hydrogen-bond acceptors (Lipinski definition) is 5. The predicted molar refractivity (Wildman–Crippen MR) is 129 cm³/mol. The van der Waals surface area contributed by atoms with Crippen molar-refractivity contribution in [1.29, 1.82) is 0 Å². The van der Waals surface area contributed by atoms with Crippen LogP contribution in [-0.2, 0) is 23.9 Å². The Labute approximate surface area is 198 Å². The standard InChI is InChI=1S/C27H26N2O5/c1-2-34-26(32)17-28-24(30)13-14-25(31)29-18-22(15-20-9-5-3-6-10-20)27(33)23(19-29)16-21-11-7-4-8-12-21/h3-16H,2,17-19H2,1H3,(H,28,30)/b14-13-,22-15+,23-16+. The van der Waals surface area contributed by atoms with Crippen LogP contribution < -0.4 is 5.32 Å². The van der Waals surface area contributed by atoms with E-state index >= 15 is 0 Å². The van der Waals surface area contributed by atoms with Crippen molar-refractivity contribution in [2.45, 2.75) is 6.92 Å². The maximum absolute atomic E-state index is 13.2. The van der Waals surface area contributed by atoms with Crippen LogP contribution in [0.1, 0.15) is 18.1 Å². The van der Waals surface area contributed by atoms with Crippen LogP contribution in [0.2, 0.25) is 0 Å². The van der Waals surface area contributed by atoms with Gasteiger partial charge in [0.25, 0.3) is 0 Å². The first-order valence-electron chi connectivity index (χ1n) is 10.9. The second-order valence-electron chi connectivity index (χ2n) is 7.54. The molecule has 7 nitrogen and oxygen atoms in total. The molecule has 0 unspecified atom stereocenters. The predicted octanol–water partition coefficient (Wildman–Crippen LogP) is 2.80. The van der Waals surface area contributed by atoms with E-state index in [1.54, 1.807) is 19.1 Å². The number of carbonyl (C=O) groups is 4. The minimum Gasteiger partial charge on any atom is -0.465 e. The van der Waals surface area contributed by atoms with Crippen LogP contribution in [0.25, 0.3) is 12.2 Å². The molecule has 1 fully saturated rings. The van der Waals surface area contributed by atoms with Crippen LogP contribution >= 0.6 is 0 Å². The Hall–Kier alpha value is -4.26. The average Bonchev–Trinajstić information content (AvgIpc) is 2.85. The van der Waals surface area contributed by atoms with E-state index in [2.05, 4.69) is 5.32 Å². The highest BCUT2D eigenvalue weighted by Gasteiger charge is 2.28. The number of carbonyl (C=O) groups excluding carboxylic acids is 4. The van der Waals surface area contributed by atoms with E-state index < -0.39 is 17.8 Å². The number of nitrogens with one attached hydrogen (secondary N) is 1. The van der Waals surface area contributed by atoms with Gasteiger partial charge in [0.2, 0.25) is 11.8 Å². The van der Waals surface area contributed by atoms with Gasteiger partial charge in [-0.2, -0.15) is 0 Å². The van der Waals surface area contributed by atoms with E-state index in [-0.39, 0.29) is 32.0 Å². The minimum absolute atomic E-state index is 0.118. The first-order chi connectivity index (χ1) is 16.5. The molecule has 2 amide bonds. The number of nitrogens with zero attached hydrogens (tertiary/aromatic N) is 1. The smallest absolute Gasteiger partial charge is 0.325 e. The summed E-state index contributed by atoms with van der Waals surface area (Å²) < 4.78 is 4.75. The molecule has 1 aliphatic heterocycles. The number of Topliss-reactive ketones (excluding diaryl/α,β-unsaturated/α-hetero) is 1. The molecule has 0 spiro atoms. The molecule has 174 valence electrons. The van der Waals surface area contributed by atoms with Gasteiger partial charge in [-0.1, -0.05) is 60.7 Å². The highest BCUT2D eigenvalue weighted by Crippen LogP contribution is 2.22. The largest absolute Gasteiger partial charge is 0.465 e. The molecule has 0 aliphatic carbocycles. The van der Waals surface area contributed by atoms with Crippen LogP contribution in [0.4, 0.5) is 0 Å². The number of rotatable bonds is 7. The zero-order valence-corrected chi connectivity index (χ0v) is 18.9. The summed E-state index contributed by atoms with van der Waals surface area (Å²) in [5.41, 5.74) is 2.67. The molecule has 0 aromatic heterocycles. The maximum Gasteiger partial charge on any atom is 0.325 e. The number of esters is 1. The van der Waals surface area contributed by atoms with Gasteiger partial charge < -0.3 is 15.0 Å². The van der Waals surface area contributed by atoms with Crippen LogP contribution in [-0.4, -0.2) is 54.7 Å². The Balaban J connectivity index is 1.79. The summed E-state index contributed by atoms with van der Waals surface area (Å²) >= 11 is 0. The summed E-state index contributed by atoms with van der Waals surface area (Å²) in [6, 6.07) is 18.8. The van der Waals surface area contributed by atoms with Crippen molar-refractivity contribution < 1.29 is 23.9 Å². The third-order valence-corrected chi connectivity index (χ3v) is 4.99. The van der Waals surface area contributed by atoms with Gasteiger partial charge in [-0.3, -0.25) is 19.2 Å². The monoisotopic (exact) mass is 458 g/mol. The van der Waals surface area contributed by atoms with E-state index in [1.807, 2.05) is 60.7 Å². The highest BCUT2D eigenvalue weighted by molar-refractivity contribution is 6.15. The molecule has 34 heavy (non-hydrogen) atoms. The number of hydrogen-bond donors (Lipinski definition) is 1. The van der Waals surface area contributed by atoms with Crippen molar-refractivity contribution in [3.05, 3.63) is 95.1 Å². The van der Waals surface area contributed by atoms with E-state index in [0.717, 1.165) is 23.3 Å². The van der Waals surface area contributed by atoms with E-state index in [1.165, 1.54) is 4.90 Å². The Morgan fingerprint density at radius 3 is 1.91 bits per heavy atom. The lowest BCUT2D eigenvalue weighted by Crippen LogP contribution is -2.41. The van der Waals surface area contributed by atoms with Gasteiger partial charge in [-0.25, -0.2) is 0 Å². The van der Waals surface area contributed by atoms with Crippen molar-refractivity contribution in [3.63, 3.8) is 0 Å². The molecule has 1 N–H and O–H groups in total. The Morgan fingerprint density at radius 1 is 0.882 bits per heavy atom. The van der Waals surface area contributed by atoms with Crippen LogP contribution in [0.3, 0.4) is 0 Å². The topological polar surface area (TPSA) is 92.8 Å². The fourth-order valence-corrected chi connectivity index (χ4v) is 3.38. The zero-order chi connectivity index (χ0) is 24.3. The van der Waals surface area contributed by atoms with Gasteiger partial charge in [0, 0.05) is 23.3 Å². The summed E-state index contributed by atoms with van der Waals surface area (Å²) in [6.07, 6.45) is 5.75. The molecule has 1 heterocycles. The van der Waals surface area contributed by atoms with E-state index in [9.17, 15) is 19.2 Å². The molecule has 0 saturated carbocycles. The van der Waals surface area contributed by atoms with Crippen LogP contribution in [0.5, 0.6) is 0 Å². The molecular formula is C27H26N2O5. The van der Waals surface area contributed by atoms with Gasteiger partial charge in [0.05, 0.1) is 19.7 Å². The molecule has 0 bridgehead atoms. The van der Waals surface area contributed by atoms with E-state index in [0.29, 0.717) is 11.1 Å². The molecule has 1 saturated heterocycles. The number of ether oxygens (including phenoxy) is 1. The van der Waals surface area contributed by atoms with Crippen molar-refractivity contribution >= 4 is 35.7 Å². The van der Waals surface area contributed by atoms with Gasteiger partial charge in [0.1, 0.15) is 6.54 Å². The van der Waals surface area contributed by atoms with Crippen LogP contribution in [0, 0.1) is 0 Å². The first-order valence-corrected chi connectivity index (χ1v) is 10.9. The molecule has 2 aromatic rings. The Morgan fingerprint density at radius 2 is 1.41 bits per heavy atom. The van der Waals surface area contributed by atoms with E-state index in [4.69, 9.17) is 4.74 Å². The summed E-state index contributed by atoms with van der Waals surface area (Å²) in [4.78, 5) is 50.8. The summed E-state index contributed by atoms with van der Waals surface area (Å²) in [5, 5.41) is 2.37. The van der Waals surface area contributed by atoms with Crippen LogP contribution in [0.15, 0.2) is 84.0 Å². The van der Waals surface area contributed by atoms with Crippen molar-refractivity contribution in [2.75, 3.05) is 26.2 Å². The second-order valence-corrected chi connectivity index (χ2v) is 7.54. The summed E-state index contributed by atoms with van der Waals surface area (Å²) in [6.45, 7) is 1.84. The fraction of sp³-hybridized carbons (Fsp3) is 0.185.